The Morgan fingerprint density at radius 3 is 1.62 bits per heavy atom. The lowest BCUT2D eigenvalue weighted by Gasteiger charge is -2.51. The first-order chi connectivity index (χ1) is 42.4. The van der Waals surface area contributed by atoms with Crippen LogP contribution in [-0.4, -0.2) is 12.3 Å². The summed E-state index contributed by atoms with van der Waals surface area (Å²) in [5.41, 5.74) is 28.4. The molecule has 0 amide bonds. The number of hydrogen-bond acceptors (Lipinski definition) is 5. The molecule has 2 unspecified atom stereocenters. The van der Waals surface area contributed by atoms with Gasteiger partial charge in [0, 0.05) is 66.5 Å². The summed E-state index contributed by atoms with van der Waals surface area (Å²) in [6, 6.07) is 74.6. The van der Waals surface area contributed by atoms with Gasteiger partial charge in [-0.05, 0) is 177 Å². The van der Waals surface area contributed by atoms with Gasteiger partial charge in [0.2, 0.25) is 0 Å². The monoisotopic (exact) mass is 1140 g/mol. The summed E-state index contributed by atoms with van der Waals surface area (Å²) in [4.78, 5) is 8.21. The lowest BCUT2D eigenvalue weighted by Crippen LogP contribution is -2.62. The standard InChI is InChI=1S/C82H74BN3O2/c1-77(2)40-41-78(3,4)58-47-67-62(45-57(58)77)83-63-46-59-60(80(7,8)56-30-17-16-29-55(56)79(59,5)6)48-68(63)84(65-31-23-35-73-74(65)54-27-15-19-34-72(54)87-73)69-43-51(44-70(75(69)83)85(67)66-32-22-28-53-52-26-14-18-33-71(52)88-76(53)66)86-64-37-36-50(49-24-12-11-13-25-49)42-61(64)81(9)38-20-21-39-82(81,86)10/h11-19,22-37,42-48H,20-21,38-41H2,1-10H3. The molecule has 2 aromatic heterocycles. The van der Waals surface area contributed by atoms with Crippen molar-refractivity contribution >= 4 is 112 Å². The predicted molar refractivity (Wildman–Crippen MR) is 369 cm³/mol. The third-order valence-electron chi connectivity index (χ3n) is 23.5. The number of rotatable bonds is 4. The fourth-order valence-electron chi connectivity index (χ4n) is 18.4. The van der Waals surface area contributed by atoms with Crippen LogP contribution in [0.15, 0.2) is 203 Å². The zero-order valence-electron chi connectivity index (χ0n) is 52.5. The highest BCUT2D eigenvalue weighted by atomic mass is 16.3. The van der Waals surface area contributed by atoms with Crippen LogP contribution < -0.4 is 31.1 Å². The van der Waals surface area contributed by atoms with E-state index in [2.05, 4.69) is 278 Å². The van der Waals surface area contributed by atoms with E-state index in [1.54, 1.807) is 0 Å². The van der Waals surface area contributed by atoms with Gasteiger partial charge >= 0.3 is 0 Å². The minimum Gasteiger partial charge on any atom is -0.456 e. The van der Waals surface area contributed by atoms with Gasteiger partial charge in [-0.15, -0.1) is 0 Å². The van der Waals surface area contributed by atoms with Crippen molar-refractivity contribution in [3.05, 3.63) is 233 Å². The lowest BCUT2D eigenvalue weighted by atomic mass is 9.32. The van der Waals surface area contributed by atoms with Gasteiger partial charge in [-0.1, -0.05) is 203 Å². The third-order valence-corrected chi connectivity index (χ3v) is 23.5. The topological polar surface area (TPSA) is 36.0 Å². The maximum Gasteiger partial charge on any atom is 0.252 e. The fourth-order valence-corrected chi connectivity index (χ4v) is 18.4. The molecule has 10 aromatic carbocycles. The highest BCUT2D eigenvalue weighted by Gasteiger charge is 2.59. The molecular weight excluding hydrogens is 1070 g/mol. The number of hydrogen-bond donors (Lipinski definition) is 0. The number of anilines is 8. The summed E-state index contributed by atoms with van der Waals surface area (Å²) in [5, 5.41) is 4.48. The summed E-state index contributed by atoms with van der Waals surface area (Å²) in [5.74, 6) is 0. The van der Waals surface area contributed by atoms with Gasteiger partial charge in [-0.3, -0.25) is 0 Å². The first-order valence-corrected chi connectivity index (χ1v) is 32.4. The van der Waals surface area contributed by atoms with E-state index in [1.807, 2.05) is 0 Å². The van der Waals surface area contributed by atoms with E-state index in [0.29, 0.717) is 0 Å². The first kappa shape index (κ1) is 52.4. The van der Waals surface area contributed by atoms with E-state index in [9.17, 15) is 0 Å². The van der Waals surface area contributed by atoms with E-state index >= 15 is 0 Å². The lowest BCUT2D eigenvalue weighted by molar-refractivity contribution is 0.195. The van der Waals surface area contributed by atoms with Gasteiger partial charge in [0.25, 0.3) is 6.71 Å². The minimum absolute atomic E-state index is 0.0465. The van der Waals surface area contributed by atoms with Gasteiger partial charge in [-0.2, -0.15) is 0 Å². The molecule has 18 rings (SSSR count). The molecule has 2 atom stereocenters. The van der Waals surface area contributed by atoms with Crippen molar-refractivity contribution in [3.8, 4) is 11.1 Å². The highest BCUT2D eigenvalue weighted by molar-refractivity contribution is 7.00. The SMILES string of the molecule is CC1(C)CCC(C)(C)c2cc3c(cc21)B1c2cc4c(cc2N(c2cccc5oc6ccccc6c25)c2cc(N5c6ccc(-c7ccccc7)cc6C6(C)CCCCC56C)cc(c21)N3c1cccc2c1oc1ccccc12)C(C)(C)c1ccccc1C4(C)C. The Kier molecular flexibility index (Phi) is 10.4. The molecule has 12 aromatic rings. The maximum absolute atomic E-state index is 7.26. The zero-order chi connectivity index (χ0) is 59.8. The summed E-state index contributed by atoms with van der Waals surface area (Å²) >= 11 is 0. The molecule has 432 valence electrons. The Morgan fingerprint density at radius 2 is 0.909 bits per heavy atom. The van der Waals surface area contributed by atoms with Crippen LogP contribution >= 0.6 is 0 Å². The number of furan rings is 2. The maximum atomic E-state index is 7.26. The molecule has 6 heteroatoms. The number of para-hydroxylation sites is 3. The highest BCUT2D eigenvalue weighted by Crippen LogP contribution is 2.63. The van der Waals surface area contributed by atoms with Crippen LogP contribution in [0.3, 0.4) is 0 Å². The molecule has 0 spiro atoms. The van der Waals surface area contributed by atoms with Crippen LogP contribution in [0.1, 0.15) is 147 Å². The third kappa shape index (κ3) is 6.74. The molecule has 5 nitrogen and oxygen atoms in total. The molecule has 3 aliphatic carbocycles. The van der Waals surface area contributed by atoms with Crippen LogP contribution in [0.2, 0.25) is 0 Å². The number of fused-ring (bicyclic) bond motifs is 16. The molecule has 88 heavy (non-hydrogen) atoms. The average Bonchev–Trinajstić information content (AvgIpc) is 0.954. The molecule has 3 aliphatic heterocycles. The second-order valence-electron chi connectivity index (χ2n) is 29.7. The molecule has 5 heterocycles. The van der Waals surface area contributed by atoms with Gasteiger partial charge in [0.1, 0.15) is 16.7 Å². The summed E-state index contributed by atoms with van der Waals surface area (Å²) < 4.78 is 14.2. The second-order valence-corrected chi connectivity index (χ2v) is 29.7. The smallest absolute Gasteiger partial charge is 0.252 e. The summed E-state index contributed by atoms with van der Waals surface area (Å²) in [6.45, 7) is 24.9. The van der Waals surface area contributed by atoms with Crippen LogP contribution in [0, 0.1) is 0 Å². The molecule has 0 N–H and O–H groups in total. The Bertz CT molecular complexity index is 5020. The normalized spacial score (nSPS) is 21.2. The minimum atomic E-state index is -0.303. The molecular formula is C82H74BN3O2. The van der Waals surface area contributed by atoms with Crippen molar-refractivity contribution in [2.24, 2.45) is 0 Å². The summed E-state index contributed by atoms with van der Waals surface area (Å²) in [6.07, 6.45) is 6.79. The van der Waals surface area contributed by atoms with Crippen molar-refractivity contribution in [1.82, 2.24) is 0 Å². The van der Waals surface area contributed by atoms with E-state index in [1.165, 1.54) is 113 Å². The van der Waals surface area contributed by atoms with E-state index in [-0.39, 0.29) is 39.3 Å². The van der Waals surface area contributed by atoms with Gasteiger partial charge in [-0.25, -0.2) is 0 Å². The van der Waals surface area contributed by atoms with E-state index < -0.39 is 0 Å². The summed E-state index contributed by atoms with van der Waals surface area (Å²) in [7, 11) is 0. The zero-order valence-corrected chi connectivity index (χ0v) is 52.5. The molecule has 0 radical (unpaired) electrons. The van der Waals surface area contributed by atoms with Gasteiger partial charge < -0.3 is 23.5 Å². The van der Waals surface area contributed by atoms with Crippen molar-refractivity contribution in [3.63, 3.8) is 0 Å². The van der Waals surface area contributed by atoms with Crippen molar-refractivity contribution in [2.45, 2.75) is 140 Å². The van der Waals surface area contributed by atoms with Crippen LogP contribution in [-0.2, 0) is 27.1 Å². The fraction of sp³-hybridized carbons (Fsp3) is 0.268. The average molecular weight is 1140 g/mol. The van der Waals surface area contributed by atoms with E-state index in [4.69, 9.17) is 8.83 Å². The van der Waals surface area contributed by atoms with Crippen molar-refractivity contribution in [2.75, 3.05) is 14.7 Å². The predicted octanol–water partition coefficient (Wildman–Crippen LogP) is 20.3. The number of nitrogens with zero attached hydrogens (tertiary/aromatic N) is 3. The Hall–Kier alpha value is -8.74. The van der Waals surface area contributed by atoms with Crippen molar-refractivity contribution in [1.29, 1.82) is 0 Å². The quantitative estimate of drug-likeness (QED) is 0.164. The Labute approximate surface area is 517 Å². The van der Waals surface area contributed by atoms with Crippen LogP contribution in [0.25, 0.3) is 55.0 Å². The molecule has 0 bridgehead atoms. The van der Waals surface area contributed by atoms with Crippen LogP contribution in [0.4, 0.5) is 45.5 Å². The van der Waals surface area contributed by atoms with Gasteiger partial charge in [0.15, 0.2) is 5.58 Å². The molecule has 6 aliphatic rings. The molecule has 0 saturated heterocycles. The van der Waals surface area contributed by atoms with Crippen molar-refractivity contribution < 1.29 is 8.83 Å². The Morgan fingerprint density at radius 1 is 0.364 bits per heavy atom. The number of benzene rings is 10. The van der Waals surface area contributed by atoms with Crippen LogP contribution in [0.5, 0.6) is 0 Å². The van der Waals surface area contributed by atoms with Gasteiger partial charge in [0.05, 0.1) is 22.3 Å². The second kappa shape index (κ2) is 17.5. The Balaban J connectivity index is 1.02. The molecule has 1 saturated carbocycles. The largest absolute Gasteiger partial charge is 0.456 e. The molecule has 1 fully saturated rings. The first-order valence-electron chi connectivity index (χ1n) is 32.4. The van der Waals surface area contributed by atoms with E-state index in [0.717, 1.165) is 80.9 Å².